The molecule has 5 nitrogen and oxygen atoms in total. The summed E-state index contributed by atoms with van der Waals surface area (Å²) in [4.78, 5) is 26.1. The Kier molecular flexibility index (Phi) is 5.06. The molecule has 0 atom stereocenters. The minimum Gasteiger partial charge on any atom is -0.497 e. The number of carbonyl (C=O) groups excluding carboxylic acids is 1. The molecule has 150 valence electrons. The second-order valence-electron chi connectivity index (χ2n) is 6.78. The summed E-state index contributed by atoms with van der Waals surface area (Å²) in [7, 11) is 1.55. The molecule has 1 N–H and O–H groups in total. The molecule has 0 aliphatic heterocycles. The average Bonchev–Trinajstić information content (AvgIpc) is 2.75. The van der Waals surface area contributed by atoms with Crippen molar-refractivity contribution >= 4 is 22.8 Å². The molecule has 0 fully saturated rings. The van der Waals surface area contributed by atoms with E-state index in [9.17, 15) is 14.0 Å². The summed E-state index contributed by atoms with van der Waals surface area (Å²) in [6, 6.07) is 17.3. The summed E-state index contributed by atoms with van der Waals surface area (Å²) in [5.41, 5.74) is 1.94. The van der Waals surface area contributed by atoms with E-state index in [0.29, 0.717) is 22.3 Å². The van der Waals surface area contributed by atoms with Crippen LogP contribution < -0.4 is 15.5 Å². The molecule has 0 saturated heterocycles. The Morgan fingerprint density at radius 2 is 1.70 bits per heavy atom. The molecule has 1 aromatic heterocycles. The van der Waals surface area contributed by atoms with Crippen LogP contribution in [0, 0.1) is 12.7 Å². The lowest BCUT2D eigenvalue weighted by Gasteiger charge is -2.13. The van der Waals surface area contributed by atoms with Crippen molar-refractivity contribution in [1.29, 1.82) is 0 Å². The number of amides is 1. The topological polar surface area (TPSA) is 68.5 Å². The number of hydrogen-bond donors (Lipinski definition) is 1. The number of fused-ring (bicyclic) bond motifs is 1. The van der Waals surface area contributed by atoms with E-state index in [-0.39, 0.29) is 22.4 Å². The molecule has 0 unspecified atom stereocenters. The van der Waals surface area contributed by atoms with Crippen LogP contribution >= 0.6 is 0 Å². The maximum atomic E-state index is 13.3. The fourth-order valence-electron chi connectivity index (χ4n) is 3.24. The van der Waals surface area contributed by atoms with Gasteiger partial charge in [-0.1, -0.05) is 24.3 Å². The highest BCUT2D eigenvalue weighted by Crippen LogP contribution is 2.31. The maximum absolute atomic E-state index is 13.3. The summed E-state index contributed by atoms with van der Waals surface area (Å²) in [5, 5.41) is 3.09. The Morgan fingerprint density at radius 3 is 2.37 bits per heavy atom. The number of hydrogen-bond acceptors (Lipinski definition) is 4. The third kappa shape index (κ3) is 3.55. The third-order valence-electron chi connectivity index (χ3n) is 4.83. The number of benzene rings is 3. The Balaban J connectivity index is 1.89. The standard InChI is InChI=1S/C24H18FNO4/c1-14-4-3-5-19-21(27)20(15-8-12-18(29-2)13-9-15)24(30-22(14)19)26-23(28)16-6-10-17(25)11-7-16/h3-13H,1-2H3,(H,26,28). The van der Waals surface area contributed by atoms with Crippen molar-refractivity contribution in [3.05, 3.63) is 93.9 Å². The van der Waals surface area contributed by atoms with Gasteiger partial charge in [0, 0.05) is 5.56 Å². The number of aryl methyl sites for hydroxylation is 1. The van der Waals surface area contributed by atoms with E-state index in [1.165, 1.54) is 24.3 Å². The van der Waals surface area contributed by atoms with Crippen molar-refractivity contribution in [2.24, 2.45) is 0 Å². The number of carbonyl (C=O) groups is 1. The molecule has 0 radical (unpaired) electrons. The fraction of sp³-hybridized carbons (Fsp3) is 0.0833. The number of ether oxygens (including phenoxy) is 1. The highest BCUT2D eigenvalue weighted by atomic mass is 19.1. The zero-order valence-corrected chi connectivity index (χ0v) is 16.4. The van der Waals surface area contributed by atoms with Gasteiger partial charge in [-0.05, 0) is 60.5 Å². The number of halogens is 1. The molecular formula is C24H18FNO4. The minimum absolute atomic E-state index is 0.0290. The van der Waals surface area contributed by atoms with Gasteiger partial charge in [-0.15, -0.1) is 0 Å². The van der Waals surface area contributed by atoms with Crippen molar-refractivity contribution in [3.63, 3.8) is 0 Å². The molecule has 0 bridgehead atoms. The quantitative estimate of drug-likeness (QED) is 0.511. The molecule has 0 saturated carbocycles. The lowest BCUT2D eigenvalue weighted by atomic mass is 10.0. The van der Waals surface area contributed by atoms with E-state index >= 15 is 0 Å². The van der Waals surface area contributed by atoms with Crippen molar-refractivity contribution in [3.8, 4) is 16.9 Å². The number of rotatable bonds is 4. The molecule has 0 aliphatic rings. The van der Waals surface area contributed by atoms with Crippen LogP contribution in [0.2, 0.25) is 0 Å². The van der Waals surface area contributed by atoms with Crippen LogP contribution in [-0.2, 0) is 0 Å². The zero-order valence-electron chi connectivity index (χ0n) is 16.4. The van der Waals surface area contributed by atoms with E-state index in [1.807, 2.05) is 13.0 Å². The van der Waals surface area contributed by atoms with Crippen molar-refractivity contribution in [2.45, 2.75) is 6.92 Å². The molecule has 0 spiro atoms. The second kappa shape index (κ2) is 7.83. The lowest BCUT2D eigenvalue weighted by Crippen LogP contribution is -2.16. The first-order valence-electron chi connectivity index (χ1n) is 9.25. The van der Waals surface area contributed by atoms with Crippen molar-refractivity contribution in [2.75, 3.05) is 12.4 Å². The number of para-hydroxylation sites is 1. The van der Waals surface area contributed by atoms with E-state index in [1.54, 1.807) is 43.5 Å². The summed E-state index contributed by atoms with van der Waals surface area (Å²) in [6.07, 6.45) is 0. The maximum Gasteiger partial charge on any atom is 0.257 e. The van der Waals surface area contributed by atoms with Gasteiger partial charge in [0.2, 0.25) is 11.3 Å². The summed E-state index contributed by atoms with van der Waals surface area (Å²) >= 11 is 0. The van der Waals surface area contributed by atoms with Crippen molar-refractivity contribution < 1.29 is 18.3 Å². The van der Waals surface area contributed by atoms with E-state index < -0.39 is 11.7 Å². The first-order chi connectivity index (χ1) is 14.5. The van der Waals surface area contributed by atoms with Crippen LogP contribution in [0.1, 0.15) is 15.9 Å². The third-order valence-corrected chi connectivity index (χ3v) is 4.83. The predicted molar refractivity (Wildman–Crippen MR) is 114 cm³/mol. The molecule has 0 aliphatic carbocycles. The predicted octanol–water partition coefficient (Wildman–Crippen LogP) is 5.17. The normalized spacial score (nSPS) is 10.8. The minimum atomic E-state index is -0.513. The van der Waals surface area contributed by atoms with Crippen LogP contribution in [0.15, 0.2) is 75.9 Å². The highest BCUT2D eigenvalue weighted by Gasteiger charge is 2.20. The number of anilines is 1. The van der Waals surface area contributed by atoms with Gasteiger partial charge in [0.25, 0.3) is 5.91 Å². The van der Waals surface area contributed by atoms with Gasteiger partial charge < -0.3 is 9.15 Å². The van der Waals surface area contributed by atoms with E-state index in [4.69, 9.17) is 9.15 Å². The Bertz CT molecular complexity index is 1290. The second-order valence-corrected chi connectivity index (χ2v) is 6.78. The van der Waals surface area contributed by atoms with Crippen LogP contribution in [0.3, 0.4) is 0 Å². The van der Waals surface area contributed by atoms with Crippen molar-refractivity contribution in [1.82, 2.24) is 0 Å². The van der Waals surface area contributed by atoms with E-state index in [2.05, 4.69) is 5.32 Å². The molecule has 1 amide bonds. The highest BCUT2D eigenvalue weighted by molar-refractivity contribution is 6.06. The summed E-state index contributed by atoms with van der Waals surface area (Å²) < 4.78 is 24.4. The fourth-order valence-corrected chi connectivity index (χ4v) is 3.24. The molecule has 1 heterocycles. The average molecular weight is 403 g/mol. The summed E-state index contributed by atoms with van der Waals surface area (Å²) in [5.74, 6) is -0.294. The lowest BCUT2D eigenvalue weighted by molar-refractivity contribution is 0.102. The van der Waals surface area contributed by atoms with Gasteiger partial charge in [-0.3, -0.25) is 14.9 Å². The molecular weight excluding hydrogens is 385 g/mol. The Labute approximate surface area is 171 Å². The Hall–Kier alpha value is -3.93. The van der Waals surface area contributed by atoms with Gasteiger partial charge in [-0.25, -0.2) is 4.39 Å². The van der Waals surface area contributed by atoms with Gasteiger partial charge in [-0.2, -0.15) is 0 Å². The molecule has 4 aromatic rings. The van der Waals surface area contributed by atoms with E-state index in [0.717, 1.165) is 5.56 Å². The Morgan fingerprint density at radius 1 is 1.00 bits per heavy atom. The van der Waals surface area contributed by atoms with Gasteiger partial charge in [0.15, 0.2) is 0 Å². The largest absolute Gasteiger partial charge is 0.497 e. The van der Waals surface area contributed by atoms with Crippen LogP contribution in [0.25, 0.3) is 22.1 Å². The smallest absolute Gasteiger partial charge is 0.257 e. The summed E-state index contributed by atoms with van der Waals surface area (Å²) in [6.45, 7) is 1.82. The molecule has 30 heavy (non-hydrogen) atoms. The zero-order chi connectivity index (χ0) is 21.3. The first kappa shape index (κ1) is 19.4. The molecule has 4 rings (SSSR count). The number of methoxy groups -OCH3 is 1. The molecule has 6 heteroatoms. The van der Waals surface area contributed by atoms with Gasteiger partial charge >= 0.3 is 0 Å². The van der Waals surface area contributed by atoms with Crippen LogP contribution in [0.5, 0.6) is 5.75 Å². The van der Waals surface area contributed by atoms with Gasteiger partial charge in [0.1, 0.15) is 17.1 Å². The van der Waals surface area contributed by atoms with Crippen LogP contribution in [0.4, 0.5) is 10.3 Å². The van der Waals surface area contributed by atoms with Gasteiger partial charge in [0.05, 0.1) is 18.1 Å². The first-order valence-corrected chi connectivity index (χ1v) is 9.25. The number of nitrogens with one attached hydrogen (secondary N) is 1. The molecule has 3 aromatic carbocycles. The SMILES string of the molecule is COc1ccc(-c2c(NC(=O)c3ccc(F)cc3)oc3c(C)cccc3c2=O)cc1. The monoisotopic (exact) mass is 403 g/mol. The van der Waals surface area contributed by atoms with Crippen LogP contribution in [-0.4, -0.2) is 13.0 Å².